The maximum absolute atomic E-state index is 13.0. The van der Waals surface area contributed by atoms with E-state index in [0.717, 1.165) is 43.4 Å². The van der Waals surface area contributed by atoms with Crippen LogP contribution in [0.25, 0.3) is 0 Å². The molecule has 0 radical (unpaired) electrons. The van der Waals surface area contributed by atoms with E-state index in [1.807, 2.05) is 25.1 Å². The van der Waals surface area contributed by atoms with Gasteiger partial charge >= 0.3 is 6.03 Å². The minimum absolute atomic E-state index is 0.108. The zero-order valence-electron chi connectivity index (χ0n) is 15.3. The lowest BCUT2D eigenvalue weighted by molar-refractivity contribution is -0.133. The van der Waals surface area contributed by atoms with Gasteiger partial charge in [0.2, 0.25) is 0 Å². The van der Waals surface area contributed by atoms with Crippen molar-refractivity contribution >= 4 is 17.7 Å². The van der Waals surface area contributed by atoms with E-state index in [4.69, 9.17) is 0 Å². The highest BCUT2D eigenvalue weighted by Gasteiger charge is 2.55. The first-order chi connectivity index (χ1) is 12.5. The van der Waals surface area contributed by atoms with E-state index in [-0.39, 0.29) is 24.2 Å². The molecule has 1 heterocycles. The topological polar surface area (TPSA) is 66.5 Å². The van der Waals surface area contributed by atoms with E-state index in [0.29, 0.717) is 12.0 Å². The molecular formula is C21H26N2O3. The fourth-order valence-corrected chi connectivity index (χ4v) is 4.78. The third kappa shape index (κ3) is 2.74. The van der Waals surface area contributed by atoms with Crippen LogP contribution in [0.1, 0.15) is 66.9 Å². The minimum atomic E-state index is -0.800. The second-order valence-electron chi connectivity index (χ2n) is 8.05. The predicted octanol–water partition coefficient (Wildman–Crippen LogP) is 3.25. The summed E-state index contributed by atoms with van der Waals surface area (Å²) in [6.45, 7) is 1.85. The van der Waals surface area contributed by atoms with Gasteiger partial charge in [-0.3, -0.25) is 14.5 Å². The van der Waals surface area contributed by atoms with Crippen molar-refractivity contribution in [2.75, 3.05) is 6.54 Å². The molecular weight excluding hydrogens is 328 g/mol. The van der Waals surface area contributed by atoms with E-state index >= 15 is 0 Å². The number of carbonyl (C=O) groups is 3. The molecule has 1 aromatic carbocycles. The Morgan fingerprint density at radius 2 is 1.92 bits per heavy atom. The van der Waals surface area contributed by atoms with Crippen LogP contribution in [-0.4, -0.2) is 34.7 Å². The number of imide groups is 1. The highest BCUT2D eigenvalue weighted by atomic mass is 16.2. The fraction of sp³-hybridized carbons (Fsp3) is 0.571. The Hall–Kier alpha value is -2.17. The Balaban J connectivity index is 1.52. The molecule has 1 saturated carbocycles. The zero-order valence-corrected chi connectivity index (χ0v) is 15.3. The Kier molecular flexibility index (Phi) is 4.33. The number of carbonyl (C=O) groups excluding carboxylic acids is 3. The largest absolute Gasteiger partial charge is 0.325 e. The molecule has 0 bridgehead atoms. The molecule has 2 atom stereocenters. The molecule has 4 rings (SSSR count). The van der Waals surface area contributed by atoms with E-state index in [1.165, 1.54) is 17.5 Å². The van der Waals surface area contributed by atoms with Crippen LogP contribution in [0.4, 0.5) is 4.79 Å². The zero-order chi connectivity index (χ0) is 18.3. The number of ketones is 1. The smallest absolute Gasteiger partial charge is 0.323 e. The van der Waals surface area contributed by atoms with Gasteiger partial charge in [0, 0.05) is 5.56 Å². The number of Topliss-reactive ketones (excluding diaryl/α,β-unsaturated/α-hetero) is 1. The number of nitrogens with one attached hydrogen (secondary N) is 1. The summed E-state index contributed by atoms with van der Waals surface area (Å²) in [5, 5.41) is 2.91. The monoisotopic (exact) mass is 354 g/mol. The Bertz CT molecular complexity index is 773. The summed E-state index contributed by atoms with van der Waals surface area (Å²) >= 11 is 0. The third-order valence-electron chi connectivity index (χ3n) is 6.47. The number of urea groups is 1. The summed E-state index contributed by atoms with van der Waals surface area (Å²) < 4.78 is 0. The highest BCUT2D eigenvalue weighted by molar-refractivity contribution is 6.11. The molecule has 3 amide bonds. The molecule has 1 aliphatic heterocycles. The van der Waals surface area contributed by atoms with E-state index in [2.05, 4.69) is 5.32 Å². The van der Waals surface area contributed by atoms with Crippen LogP contribution in [-0.2, 0) is 17.6 Å². The summed E-state index contributed by atoms with van der Waals surface area (Å²) in [6.07, 6.45) is 8.03. The molecule has 2 fully saturated rings. The molecule has 0 unspecified atom stereocenters. The lowest BCUT2D eigenvalue weighted by Crippen LogP contribution is -2.54. The van der Waals surface area contributed by atoms with Gasteiger partial charge in [-0.25, -0.2) is 4.79 Å². The van der Waals surface area contributed by atoms with Crippen molar-refractivity contribution in [2.24, 2.45) is 5.92 Å². The molecule has 138 valence electrons. The second kappa shape index (κ2) is 6.53. The normalized spacial score (nSPS) is 28.2. The van der Waals surface area contributed by atoms with Gasteiger partial charge in [0.25, 0.3) is 5.91 Å². The van der Waals surface area contributed by atoms with Crippen LogP contribution in [0.2, 0.25) is 0 Å². The van der Waals surface area contributed by atoms with Gasteiger partial charge < -0.3 is 5.32 Å². The summed E-state index contributed by atoms with van der Waals surface area (Å²) in [4.78, 5) is 39.3. The molecule has 26 heavy (non-hydrogen) atoms. The maximum Gasteiger partial charge on any atom is 0.325 e. The minimum Gasteiger partial charge on any atom is -0.323 e. The van der Waals surface area contributed by atoms with Crippen molar-refractivity contribution < 1.29 is 14.4 Å². The number of hydrogen-bond acceptors (Lipinski definition) is 3. The first-order valence-electron chi connectivity index (χ1n) is 9.80. The van der Waals surface area contributed by atoms with E-state index in [1.54, 1.807) is 0 Å². The Morgan fingerprint density at radius 1 is 1.15 bits per heavy atom. The summed E-state index contributed by atoms with van der Waals surface area (Å²) in [5.41, 5.74) is 2.35. The standard InChI is InChI=1S/C21H26N2O3/c1-14-6-4-5-11-21(14)19(25)23(20(26)22-21)13-18(24)17-10-9-15-7-2-3-8-16(15)12-17/h9-10,12,14H,2-8,11,13H2,1H3,(H,22,26)/t14-,21-/m1/s1. The molecule has 2 aliphatic carbocycles. The first kappa shape index (κ1) is 17.3. The van der Waals surface area contributed by atoms with Crippen LogP contribution < -0.4 is 5.32 Å². The average Bonchev–Trinajstić information content (AvgIpc) is 2.89. The molecule has 5 nitrogen and oxygen atoms in total. The quantitative estimate of drug-likeness (QED) is 0.669. The number of aryl methyl sites for hydroxylation is 2. The van der Waals surface area contributed by atoms with Crippen molar-refractivity contribution in [1.29, 1.82) is 0 Å². The lowest BCUT2D eigenvalue weighted by atomic mass is 9.73. The number of amides is 3. The Morgan fingerprint density at radius 3 is 2.69 bits per heavy atom. The average molecular weight is 354 g/mol. The van der Waals surface area contributed by atoms with Gasteiger partial charge in [0.15, 0.2) is 5.78 Å². The first-order valence-corrected chi connectivity index (χ1v) is 9.80. The number of benzene rings is 1. The summed E-state index contributed by atoms with van der Waals surface area (Å²) in [5.74, 6) is -0.278. The van der Waals surface area contributed by atoms with Gasteiger partial charge in [0.05, 0.1) is 6.54 Å². The van der Waals surface area contributed by atoms with Gasteiger partial charge in [-0.05, 0) is 61.6 Å². The number of nitrogens with zero attached hydrogens (tertiary/aromatic N) is 1. The van der Waals surface area contributed by atoms with Crippen molar-refractivity contribution in [3.63, 3.8) is 0 Å². The molecule has 1 N–H and O–H groups in total. The van der Waals surface area contributed by atoms with Crippen LogP contribution in [0.15, 0.2) is 18.2 Å². The third-order valence-corrected chi connectivity index (χ3v) is 6.47. The second-order valence-corrected chi connectivity index (χ2v) is 8.05. The molecule has 1 spiro atoms. The lowest BCUT2D eigenvalue weighted by Gasteiger charge is -2.36. The van der Waals surface area contributed by atoms with Gasteiger partial charge in [0.1, 0.15) is 5.54 Å². The molecule has 1 aromatic rings. The van der Waals surface area contributed by atoms with Crippen molar-refractivity contribution in [2.45, 2.75) is 63.8 Å². The maximum atomic E-state index is 13.0. The van der Waals surface area contributed by atoms with Crippen molar-refractivity contribution in [3.8, 4) is 0 Å². The van der Waals surface area contributed by atoms with Gasteiger partial charge in [-0.15, -0.1) is 0 Å². The van der Waals surface area contributed by atoms with Gasteiger partial charge in [-0.1, -0.05) is 31.9 Å². The predicted molar refractivity (Wildman–Crippen MR) is 98.0 cm³/mol. The van der Waals surface area contributed by atoms with Crippen LogP contribution in [0.5, 0.6) is 0 Å². The van der Waals surface area contributed by atoms with Crippen LogP contribution in [0.3, 0.4) is 0 Å². The summed E-state index contributed by atoms with van der Waals surface area (Å²) in [6, 6.07) is 5.39. The molecule has 1 saturated heterocycles. The van der Waals surface area contributed by atoms with Crippen LogP contribution in [0, 0.1) is 5.92 Å². The van der Waals surface area contributed by atoms with Crippen molar-refractivity contribution in [1.82, 2.24) is 10.2 Å². The summed E-state index contributed by atoms with van der Waals surface area (Å²) in [7, 11) is 0. The van der Waals surface area contributed by atoms with E-state index in [9.17, 15) is 14.4 Å². The van der Waals surface area contributed by atoms with E-state index < -0.39 is 11.6 Å². The van der Waals surface area contributed by atoms with Crippen molar-refractivity contribution in [3.05, 3.63) is 34.9 Å². The molecule has 5 heteroatoms. The SMILES string of the molecule is C[C@@H]1CCCC[C@@]12NC(=O)N(CC(=O)c1ccc3c(c1)CCCC3)C2=O. The number of fused-ring (bicyclic) bond motifs is 1. The molecule has 0 aromatic heterocycles. The molecule has 3 aliphatic rings. The van der Waals surface area contributed by atoms with Crippen LogP contribution >= 0.6 is 0 Å². The fourth-order valence-electron chi connectivity index (χ4n) is 4.78. The Labute approximate surface area is 154 Å². The number of hydrogen-bond donors (Lipinski definition) is 1. The number of rotatable bonds is 3. The highest BCUT2D eigenvalue weighted by Crippen LogP contribution is 2.38. The van der Waals surface area contributed by atoms with Gasteiger partial charge in [-0.2, -0.15) is 0 Å².